The molecule has 0 radical (unpaired) electrons. The summed E-state index contributed by atoms with van der Waals surface area (Å²) >= 11 is 3.31. The summed E-state index contributed by atoms with van der Waals surface area (Å²) in [4.78, 5) is 43.1. The van der Waals surface area contributed by atoms with Gasteiger partial charge in [-0.2, -0.15) is 0 Å². The van der Waals surface area contributed by atoms with Crippen LogP contribution in [0.3, 0.4) is 0 Å². The first-order valence-corrected chi connectivity index (χ1v) is 12.5. The van der Waals surface area contributed by atoms with Crippen molar-refractivity contribution in [3.05, 3.63) is 51.2 Å². The van der Waals surface area contributed by atoms with Gasteiger partial charge in [0.1, 0.15) is 6.04 Å². The van der Waals surface area contributed by atoms with Crippen LogP contribution in [0.1, 0.15) is 34.4 Å². The molecule has 0 aliphatic carbocycles. The number of rotatable bonds is 5. The molecule has 31 heavy (non-hydrogen) atoms. The van der Waals surface area contributed by atoms with Gasteiger partial charge in [0.15, 0.2) is 0 Å². The van der Waals surface area contributed by atoms with Crippen LogP contribution in [0.15, 0.2) is 29.6 Å². The maximum atomic E-state index is 12.8. The lowest BCUT2D eigenvalue weighted by Gasteiger charge is -2.28. The fourth-order valence-electron chi connectivity index (χ4n) is 3.93. The average Bonchev–Trinajstić information content (AvgIpc) is 3.43. The van der Waals surface area contributed by atoms with E-state index in [1.807, 2.05) is 36.9 Å². The summed E-state index contributed by atoms with van der Waals surface area (Å²) in [6.45, 7) is 5.37. The van der Waals surface area contributed by atoms with Gasteiger partial charge in [0.25, 0.3) is 0 Å². The van der Waals surface area contributed by atoms with E-state index >= 15 is 0 Å². The molecular weight excluding hydrogens is 430 g/mol. The van der Waals surface area contributed by atoms with Crippen LogP contribution in [0.25, 0.3) is 0 Å². The maximum absolute atomic E-state index is 12.8. The zero-order valence-electron chi connectivity index (χ0n) is 17.8. The maximum Gasteiger partial charge on any atom is 0.248 e. The molecule has 1 N–H and O–H groups in total. The lowest BCUT2D eigenvalue weighted by Crippen LogP contribution is -2.45. The zero-order valence-corrected chi connectivity index (χ0v) is 19.5. The highest BCUT2D eigenvalue weighted by atomic mass is 32.2. The van der Waals surface area contributed by atoms with Gasteiger partial charge in [-0.05, 0) is 60.5 Å². The second-order valence-corrected chi connectivity index (χ2v) is 10.1. The van der Waals surface area contributed by atoms with Crippen LogP contribution < -0.4 is 5.32 Å². The summed E-state index contributed by atoms with van der Waals surface area (Å²) in [5, 5.41) is 5.01. The minimum atomic E-state index is -0.502. The van der Waals surface area contributed by atoms with E-state index < -0.39 is 6.04 Å². The molecule has 0 saturated carbocycles. The van der Waals surface area contributed by atoms with Crippen LogP contribution in [0.2, 0.25) is 0 Å². The molecule has 3 heterocycles. The molecule has 1 fully saturated rings. The number of carbonyl (C=O) groups excluding carboxylic acids is 3. The summed E-state index contributed by atoms with van der Waals surface area (Å²) in [6, 6.07) is 7.37. The van der Waals surface area contributed by atoms with E-state index in [-0.39, 0.29) is 30.6 Å². The van der Waals surface area contributed by atoms with Crippen molar-refractivity contribution in [3.8, 4) is 0 Å². The molecule has 1 saturated heterocycles. The minimum Gasteiger partial charge on any atom is -0.338 e. The van der Waals surface area contributed by atoms with Crippen LogP contribution >= 0.6 is 23.1 Å². The van der Waals surface area contributed by atoms with Gasteiger partial charge in [-0.15, -0.1) is 23.1 Å². The lowest BCUT2D eigenvalue weighted by molar-refractivity contribution is -0.139. The molecule has 3 amide bonds. The highest BCUT2D eigenvalue weighted by Crippen LogP contribution is 2.26. The number of nitrogens with zero attached hydrogens (tertiary/aromatic N) is 2. The van der Waals surface area contributed by atoms with Gasteiger partial charge < -0.3 is 15.1 Å². The fraction of sp³-hybridized carbons (Fsp3) is 0.435. The molecule has 1 aromatic carbocycles. The first-order valence-electron chi connectivity index (χ1n) is 10.5. The van der Waals surface area contributed by atoms with E-state index in [4.69, 9.17) is 0 Å². The topological polar surface area (TPSA) is 69.7 Å². The largest absolute Gasteiger partial charge is 0.338 e. The normalized spacial score (nSPS) is 18.1. The number of benzene rings is 1. The third kappa shape index (κ3) is 4.96. The van der Waals surface area contributed by atoms with Gasteiger partial charge in [0.05, 0.1) is 5.88 Å². The van der Waals surface area contributed by atoms with Gasteiger partial charge in [0, 0.05) is 42.2 Å². The molecule has 2 aliphatic rings. The van der Waals surface area contributed by atoms with Crippen LogP contribution in [-0.4, -0.2) is 51.7 Å². The van der Waals surface area contributed by atoms with Gasteiger partial charge in [-0.1, -0.05) is 6.07 Å². The second-order valence-electron chi connectivity index (χ2n) is 8.10. The van der Waals surface area contributed by atoms with E-state index in [0.717, 1.165) is 17.7 Å². The monoisotopic (exact) mass is 457 g/mol. The van der Waals surface area contributed by atoms with Crippen LogP contribution in [-0.2, 0) is 27.3 Å². The highest BCUT2D eigenvalue weighted by Gasteiger charge is 2.35. The summed E-state index contributed by atoms with van der Waals surface area (Å²) < 4.78 is 0. The minimum absolute atomic E-state index is 0.00758. The van der Waals surface area contributed by atoms with Gasteiger partial charge in [-0.25, -0.2) is 0 Å². The predicted molar refractivity (Wildman–Crippen MR) is 125 cm³/mol. The molecule has 6 nitrogen and oxygen atoms in total. The molecule has 8 heteroatoms. The summed E-state index contributed by atoms with van der Waals surface area (Å²) in [6.07, 6.45) is 1.21. The number of anilines is 1. The first kappa shape index (κ1) is 21.9. The number of hydrogen-bond donors (Lipinski definition) is 1. The molecule has 0 bridgehead atoms. The Labute approximate surface area is 191 Å². The van der Waals surface area contributed by atoms with Crippen molar-refractivity contribution in [1.82, 2.24) is 9.80 Å². The van der Waals surface area contributed by atoms with E-state index in [0.29, 0.717) is 24.7 Å². The zero-order chi connectivity index (χ0) is 22.0. The summed E-state index contributed by atoms with van der Waals surface area (Å²) in [5.74, 6) is 0.762. The third-order valence-electron chi connectivity index (χ3n) is 5.99. The van der Waals surface area contributed by atoms with Crippen molar-refractivity contribution in [2.45, 2.75) is 45.7 Å². The lowest BCUT2D eigenvalue weighted by atomic mass is 10.1. The molecular formula is C23H27N3O3S2. The second kappa shape index (κ2) is 9.44. The quantitative estimate of drug-likeness (QED) is 0.745. The van der Waals surface area contributed by atoms with Crippen molar-refractivity contribution < 1.29 is 14.4 Å². The number of nitrogens with one attached hydrogen (secondary N) is 1. The number of thiophene rings is 1. The summed E-state index contributed by atoms with van der Waals surface area (Å²) in [7, 11) is 0. The van der Waals surface area contributed by atoms with Gasteiger partial charge in [-0.3, -0.25) is 14.4 Å². The number of aryl methyl sites for hydroxylation is 2. The number of hydrogen-bond acceptors (Lipinski definition) is 5. The summed E-state index contributed by atoms with van der Waals surface area (Å²) in [5.41, 5.74) is 4.23. The SMILES string of the molecule is Cc1ccc(NC(=O)C2CSCN2C(=O)CCC(=O)N2CCc3sccc3C2)cc1C. The molecule has 4 rings (SSSR count). The number of thioether (sulfide) groups is 1. The molecule has 2 aromatic rings. The van der Waals surface area contributed by atoms with E-state index in [9.17, 15) is 14.4 Å². The predicted octanol–water partition coefficient (Wildman–Crippen LogP) is 3.57. The Hall–Kier alpha value is -2.32. The molecule has 1 aromatic heterocycles. The number of fused-ring (bicyclic) bond motifs is 1. The smallest absolute Gasteiger partial charge is 0.248 e. The molecule has 1 atom stereocenters. The first-order chi connectivity index (χ1) is 14.9. The Morgan fingerprint density at radius 2 is 1.90 bits per heavy atom. The van der Waals surface area contributed by atoms with Crippen molar-refractivity contribution in [1.29, 1.82) is 0 Å². The molecule has 0 spiro atoms. The van der Waals surface area contributed by atoms with Gasteiger partial charge >= 0.3 is 0 Å². The Morgan fingerprint density at radius 1 is 1.10 bits per heavy atom. The van der Waals surface area contributed by atoms with Crippen LogP contribution in [0, 0.1) is 13.8 Å². The van der Waals surface area contributed by atoms with Crippen molar-refractivity contribution in [2.24, 2.45) is 0 Å². The Morgan fingerprint density at radius 3 is 2.71 bits per heavy atom. The highest BCUT2D eigenvalue weighted by molar-refractivity contribution is 7.99. The van der Waals surface area contributed by atoms with E-state index in [2.05, 4.69) is 16.8 Å². The van der Waals surface area contributed by atoms with Crippen LogP contribution in [0.4, 0.5) is 5.69 Å². The van der Waals surface area contributed by atoms with Crippen molar-refractivity contribution >= 4 is 46.5 Å². The van der Waals surface area contributed by atoms with Crippen molar-refractivity contribution in [3.63, 3.8) is 0 Å². The molecule has 164 valence electrons. The van der Waals surface area contributed by atoms with Crippen LogP contribution in [0.5, 0.6) is 0 Å². The third-order valence-corrected chi connectivity index (χ3v) is 8.03. The van der Waals surface area contributed by atoms with E-state index in [1.165, 1.54) is 16.0 Å². The number of carbonyl (C=O) groups is 3. The Bertz CT molecular complexity index is 1000. The molecule has 1 unspecified atom stereocenters. The van der Waals surface area contributed by atoms with Crippen molar-refractivity contribution in [2.75, 3.05) is 23.5 Å². The Balaban J connectivity index is 1.31. The standard InChI is InChI=1S/C23H27N3O3S2/c1-15-3-4-18(11-16(15)2)24-23(29)19-13-30-14-26(19)22(28)6-5-21(27)25-9-7-20-17(12-25)8-10-31-20/h3-4,8,10-11,19H,5-7,9,12-14H2,1-2H3,(H,24,29). The van der Waals surface area contributed by atoms with E-state index in [1.54, 1.807) is 28.0 Å². The fourth-order valence-corrected chi connectivity index (χ4v) is 6.00. The molecule has 2 aliphatic heterocycles. The average molecular weight is 458 g/mol. The Kier molecular flexibility index (Phi) is 6.67. The number of amides is 3. The van der Waals surface area contributed by atoms with Gasteiger partial charge in [0.2, 0.25) is 17.7 Å².